The first kappa shape index (κ1) is 43.8. The third kappa shape index (κ3) is 9.48. The van der Waals surface area contributed by atoms with E-state index in [0.717, 1.165) is 12.1 Å². The van der Waals surface area contributed by atoms with Crippen LogP contribution in [0.4, 0.5) is 0 Å². The second kappa shape index (κ2) is 19.1. The zero-order valence-electron chi connectivity index (χ0n) is 35.3. The van der Waals surface area contributed by atoms with Gasteiger partial charge in [0.25, 0.3) is 5.56 Å². The number of benzene rings is 2. The van der Waals surface area contributed by atoms with Crippen molar-refractivity contribution in [3.8, 4) is 28.7 Å². The summed E-state index contributed by atoms with van der Waals surface area (Å²) in [6.45, 7) is 6.78. The summed E-state index contributed by atoms with van der Waals surface area (Å²) in [4.78, 5) is 69.4. The fourth-order valence-electron chi connectivity index (χ4n) is 8.91. The molecule has 14 nitrogen and oxygen atoms in total. The number of piperidine rings is 1. The van der Waals surface area contributed by atoms with Crippen LogP contribution < -0.4 is 25.1 Å². The van der Waals surface area contributed by atoms with Crippen molar-refractivity contribution in [3.05, 3.63) is 80.8 Å². The van der Waals surface area contributed by atoms with Gasteiger partial charge in [0.15, 0.2) is 11.5 Å². The number of aromatic nitrogens is 1. The summed E-state index contributed by atoms with van der Waals surface area (Å²) in [5.74, 6) is -3.04. The van der Waals surface area contributed by atoms with E-state index in [4.69, 9.17) is 18.9 Å². The lowest BCUT2D eigenvalue weighted by Gasteiger charge is -2.44. The maximum Gasteiger partial charge on any atom is 0.342 e. The number of pyridine rings is 1. The van der Waals surface area contributed by atoms with E-state index in [0.29, 0.717) is 63.7 Å². The molecule has 1 saturated heterocycles. The molecule has 1 fully saturated rings. The van der Waals surface area contributed by atoms with Crippen LogP contribution in [0.3, 0.4) is 0 Å². The van der Waals surface area contributed by atoms with Crippen LogP contribution >= 0.6 is 0 Å². The van der Waals surface area contributed by atoms with Crippen LogP contribution in [-0.4, -0.2) is 89.8 Å². The average Bonchev–Trinajstić information content (AvgIpc) is 3.21. The number of phenolic OH excluding ortho intramolecular Hbond substituents is 2. The van der Waals surface area contributed by atoms with Crippen molar-refractivity contribution in [3.63, 3.8) is 0 Å². The molecule has 4 heterocycles. The van der Waals surface area contributed by atoms with Crippen molar-refractivity contribution < 1.29 is 48.3 Å². The van der Waals surface area contributed by atoms with Crippen LogP contribution in [0.2, 0.25) is 0 Å². The van der Waals surface area contributed by atoms with Crippen LogP contribution in [0, 0.1) is 11.8 Å². The number of cyclic esters (lactones) is 1. The number of allylic oxidation sites excluding steroid dienone is 1. The van der Waals surface area contributed by atoms with Crippen LogP contribution in [-0.2, 0) is 25.7 Å². The number of hydrogen-bond donors (Lipinski definition) is 3. The second-order valence-electron chi connectivity index (χ2n) is 16.5. The number of carbonyl (C=O) groups is 4. The largest absolute Gasteiger partial charge is 0.507 e. The standard InChI is InChI=1S/C46H57N3O11/c1-26(2)42(45(55)48-23-28-18-31(25-48)34-16-11-17-39(53)49(34)24-28)47-38(52)22-33(30-20-36(57-4)44(59-6)37(21-30)58-5)41-35(51)19-29-13-8-7-9-14-32(50)15-10-12-27(3)60-46(56)40(29)43(41)54/h8,11,13,16-17,19-21,26-28,31,33,42,51,54H,7,9-10,12,14-15,18,22-25H2,1-6H3,(H,47,52)/b13-8+/t27-,28+,31-,33?,42?/m0/s1. The summed E-state index contributed by atoms with van der Waals surface area (Å²) in [5, 5.41) is 26.9. The molecule has 2 aromatic carbocycles. The molecule has 322 valence electrons. The Labute approximate surface area is 350 Å². The fraction of sp³-hybridized carbons (Fsp3) is 0.500. The lowest BCUT2D eigenvalue weighted by Crippen LogP contribution is -2.56. The number of hydrogen-bond acceptors (Lipinski definition) is 11. The number of phenols is 2. The highest BCUT2D eigenvalue weighted by Gasteiger charge is 2.40. The van der Waals surface area contributed by atoms with E-state index in [1.54, 1.807) is 52.8 Å². The molecule has 3 aliphatic heterocycles. The Morgan fingerprint density at radius 2 is 1.67 bits per heavy atom. The van der Waals surface area contributed by atoms with E-state index in [-0.39, 0.29) is 75.4 Å². The Morgan fingerprint density at radius 1 is 0.950 bits per heavy atom. The molecule has 2 unspecified atom stereocenters. The lowest BCUT2D eigenvalue weighted by molar-refractivity contribution is -0.140. The number of nitrogens with one attached hydrogen (secondary N) is 1. The minimum Gasteiger partial charge on any atom is -0.507 e. The summed E-state index contributed by atoms with van der Waals surface area (Å²) in [6.07, 6.45) is 6.16. The first-order valence-electron chi connectivity index (χ1n) is 20.8. The summed E-state index contributed by atoms with van der Waals surface area (Å²) in [5.41, 5.74) is 1.12. The Bertz CT molecular complexity index is 2170. The van der Waals surface area contributed by atoms with Gasteiger partial charge in [0.1, 0.15) is 28.9 Å². The highest BCUT2D eigenvalue weighted by atomic mass is 16.5. The normalized spacial score (nSPS) is 21.1. The van der Waals surface area contributed by atoms with E-state index in [1.807, 2.05) is 19.9 Å². The molecule has 14 heteroatoms. The average molecular weight is 828 g/mol. The van der Waals surface area contributed by atoms with E-state index >= 15 is 0 Å². The highest BCUT2D eigenvalue weighted by molar-refractivity contribution is 5.98. The molecule has 60 heavy (non-hydrogen) atoms. The molecule has 3 aliphatic rings. The summed E-state index contributed by atoms with van der Waals surface area (Å²) in [6, 6.07) is 8.88. The predicted octanol–water partition coefficient (Wildman–Crippen LogP) is 6.08. The van der Waals surface area contributed by atoms with Gasteiger partial charge in [-0.25, -0.2) is 4.79 Å². The fourth-order valence-corrected chi connectivity index (χ4v) is 8.91. The van der Waals surface area contributed by atoms with Gasteiger partial charge in [-0.05, 0) is 86.3 Å². The maximum absolute atomic E-state index is 14.4. The smallest absolute Gasteiger partial charge is 0.342 e. The first-order chi connectivity index (χ1) is 28.7. The minimum absolute atomic E-state index is 0.0168. The summed E-state index contributed by atoms with van der Waals surface area (Å²) < 4.78 is 24.4. The number of Topliss-reactive ketones (excluding diaryl/α,β-unsaturated/α-hetero) is 1. The number of nitrogens with zero attached hydrogens (tertiary/aromatic N) is 2. The number of ether oxygens (including phenoxy) is 4. The van der Waals surface area contributed by atoms with Gasteiger partial charge >= 0.3 is 5.97 Å². The van der Waals surface area contributed by atoms with Gasteiger partial charge in [-0.15, -0.1) is 0 Å². The van der Waals surface area contributed by atoms with Gasteiger partial charge in [-0.2, -0.15) is 0 Å². The molecule has 3 N–H and O–H groups in total. The van der Waals surface area contributed by atoms with Gasteiger partial charge in [0.2, 0.25) is 17.6 Å². The van der Waals surface area contributed by atoms with Crippen LogP contribution in [0.15, 0.2) is 47.3 Å². The molecular formula is C46H57N3O11. The molecule has 2 amide bonds. The van der Waals surface area contributed by atoms with Crippen molar-refractivity contribution >= 4 is 29.6 Å². The molecule has 1 aromatic heterocycles. The van der Waals surface area contributed by atoms with Crippen molar-refractivity contribution in [1.29, 1.82) is 0 Å². The quantitative estimate of drug-likeness (QED) is 0.202. The van der Waals surface area contributed by atoms with E-state index in [1.165, 1.54) is 27.4 Å². The van der Waals surface area contributed by atoms with Crippen molar-refractivity contribution in [2.75, 3.05) is 34.4 Å². The third-order valence-corrected chi connectivity index (χ3v) is 11.9. The molecule has 3 aromatic rings. The minimum atomic E-state index is -1.12. The molecule has 0 aliphatic carbocycles. The van der Waals surface area contributed by atoms with E-state index in [2.05, 4.69) is 5.32 Å². The summed E-state index contributed by atoms with van der Waals surface area (Å²) >= 11 is 0. The van der Waals surface area contributed by atoms with Crippen molar-refractivity contribution in [1.82, 2.24) is 14.8 Å². The molecular weight excluding hydrogens is 771 g/mol. The highest BCUT2D eigenvalue weighted by Crippen LogP contribution is 2.48. The number of methoxy groups -OCH3 is 3. The second-order valence-corrected chi connectivity index (χ2v) is 16.5. The van der Waals surface area contributed by atoms with Gasteiger partial charge in [0.05, 0.1) is 27.4 Å². The molecule has 0 saturated carbocycles. The molecule has 0 radical (unpaired) electrons. The topological polar surface area (TPSA) is 183 Å². The van der Waals surface area contributed by atoms with Gasteiger partial charge in [0, 0.05) is 68.1 Å². The van der Waals surface area contributed by atoms with Crippen LogP contribution in [0.25, 0.3) is 6.08 Å². The van der Waals surface area contributed by atoms with Crippen molar-refractivity contribution in [2.45, 2.75) is 103 Å². The number of esters is 1. The van der Waals surface area contributed by atoms with Crippen LogP contribution in [0.1, 0.15) is 117 Å². The number of aromatic hydroxyl groups is 2. The van der Waals surface area contributed by atoms with Gasteiger partial charge < -0.3 is 43.9 Å². The number of amides is 2. The Kier molecular flexibility index (Phi) is 13.9. The monoisotopic (exact) mass is 827 g/mol. The first-order valence-corrected chi connectivity index (χ1v) is 20.8. The Morgan fingerprint density at radius 3 is 2.35 bits per heavy atom. The molecule has 2 bridgehead atoms. The zero-order valence-corrected chi connectivity index (χ0v) is 35.3. The number of rotatable bonds is 10. The Hall–Kier alpha value is -5.79. The van der Waals surface area contributed by atoms with E-state index in [9.17, 15) is 34.2 Å². The molecule has 6 rings (SSSR count). The SMILES string of the molecule is COc1cc(C(CC(=O)NC(C(=O)N2C[C@H]3C[C@@H](C2)c2cccc(=O)n2C3)C(C)C)c2c(O)cc3c(c2O)C(=O)O[C@@H](C)CCCC(=O)CCC/C=C/3)cc(OC)c1OC. The number of carbonyl (C=O) groups excluding carboxylic acids is 4. The molecule has 0 spiro atoms. The van der Waals surface area contributed by atoms with Crippen LogP contribution in [0.5, 0.6) is 28.7 Å². The number of fused-ring (bicyclic) bond motifs is 5. The molecule has 5 atom stereocenters. The Balaban J connectivity index is 1.37. The number of likely N-dealkylation sites (tertiary alicyclic amines) is 1. The van der Waals surface area contributed by atoms with E-state index < -0.39 is 41.4 Å². The van der Waals surface area contributed by atoms with Crippen molar-refractivity contribution in [2.24, 2.45) is 11.8 Å². The zero-order chi connectivity index (χ0) is 43.2. The van der Waals surface area contributed by atoms with Gasteiger partial charge in [-0.3, -0.25) is 19.2 Å². The maximum atomic E-state index is 14.4. The summed E-state index contributed by atoms with van der Waals surface area (Å²) in [7, 11) is 4.33. The predicted molar refractivity (Wildman–Crippen MR) is 224 cm³/mol. The lowest BCUT2D eigenvalue weighted by atomic mass is 9.82. The third-order valence-electron chi connectivity index (χ3n) is 11.9. The number of ketones is 1. The van der Waals surface area contributed by atoms with Gasteiger partial charge in [-0.1, -0.05) is 32.1 Å².